The van der Waals surface area contributed by atoms with Gasteiger partial charge in [0.05, 0.1) is 36.5 Å². The normalized spacial score (nSPS) is 11.1. The topological polar surface area (TPSA) is 79.4 Å². The number of methoxy groups -OCH3 is 2. The first-order chi connectivity index (χ1) is 14.5. The number of ether oxygens (including phenoxy) is 2. The number of hydrogen-bond donors (Lipinski definition) is 0. The number of aromatic nitrogens is 3. The van der Waals surface area contributed by atoms with E-state index in [-0.39, 0.29) is 5.56 Å². The zero-order chi connectivity index (χ0) is 21.3. The molecule has 2 heterocycles. The lowest BCUT2D eigenvalue weighted by atomic mass is 10.2. The Balaban J connectivity index is 1.90. The molecule has 0 fully saturated rings. The molecular formula is C22H21N3O4S. The molecule has 4 aromatic rings. The van der Waals surface area contributed by atoms with Crippen LogP contribution >= 0.6 is 11.8 Å². The van der Waals surface area contributed by atoms with E-state index < -0.39 is 0 Å². The van der Waals surface area contributed by atoms with Gasteiger partial charge in [-0.25, -0.2) is 4.98 Å². The van der Waals surface area contributed by atoms with Gasteiger partial charge in [-0.3, -0.25) is 9.36 Å². The maximum Gasteiger partial charge on any atom is 0.266 e. The van der Waals surface area contributed by atoms with Gasteiger partial charge in [-0.15, -0.1) is 0 Å². The third kappa shape index (κ3) is 3.54. The molecule has 0 aliphatic carbocycles. The Kier molecular flexibility index (Phi) is 5.50. The van der Waals surface area contributed by atoms with Gasteiger partial charge < -0.3 is 14.0 Å². The van der Waals surface area contributed by atoms with Crippen LogP contribution in [0.4, 0.5) is 0 Å². The fourth-order valence-electron chi connectivity index (χ4n) is 3.24. The molecule has 0 radical (unpaired) electrons. The summed E-state index contributed by atoms with van der Waals surface area (Å²) in [5.74, 6) is 2.50. The molecule has 0 saturated heterocycles. The Morgan fingerprint density at radius 2 is 1.90 bits per heavy atom. The molecule has 4 rings (SSSR count). The first-order valence-electron chi connectivity index (χ1n) is 9.32. The van der Waals surface area contributed by atoms with Crippen molar-refractivity contribution in [3.8, 4) is 17.2 Å². The second kappa shape index (κ2) is 8.23. The summed E-state index contributed by atoms with van der Waals surface area (Å²) in [4.78, 5) is 18.2. The van der Waals surface area contributed by atoms with Crippen LogP contribution in [-0.4, -0.2) is 28.9 Å². The van der Waals surface area contributed by atoms with Crippen LogP contribution in [0.1, 0.15) is 17.0 Å². The van der Waals surface area contributed by atoms with E-state index in [0.29, 0.717) is 39.0 Å². The zero-order valence-corrected chi connectivity index (χ0v) is 17.9. The van der Waals surface area contributed by atoms with Gasteiger partial charge in [0.25, 0.3) is 5.56 Å². The van der Waals surface area contributed by atoms with Gasteiger partial charge >= 0.3 is 0 Å². The molecule has 0 aliphatic heterocycles. The highest BCUT2D eigenvalue weighted by molar-refractivity contribution is 7.98. The van der Waals surface area contributed by atoms with Crippen LogP contribution in [0, 0.1) is 13.8 Å². The van der Waals surface area contributed by atoms with E-state index in [1.807, 2.05) is 32.0 Å². The second-order valence-electron chi connectivity index (χ2n) is 6.68. The number of benzene rings is 2. The number of para-hydroxylation sites is 1. The van der Waals surface area contributed by atoms with Crippen molar-refractivity contribution < 1.29 is 14.0 Å². The number of fused-ring (bicyclic) bond motifs is 1. The van der Waals surface area contributed by atoms with Gasteiger partial charge in [-0.2, -0.15) is 0 Å². The summed E-state index contributed by atoms with van der Waals surface area (Å²) in [6.07, 6.45) is 0. The van der Waals surface area contributed by atoms with Crippen molar-refractivity contribution in [2.45, 2.75) is 24.8 Å². The molecule has 0 spiro atoms. The summed E-state index contributed by atoms with van der Waals surface area (Å²) < 4.78 is 17.7. The summed E-state index contributed by atoms with van der Waals surface area (Å²) in [6, 6.07) is 12.7. The van der Waals surface area contributed by atoms with Crippen molar-refractivity contribution in [2.24, 2.45) is 0 Å². The first kappa shape index (κ1) is 20.0. The van der Waals surface area contributed by atoms with Crippen LogP contribution in [0.15, 0.2) is 56.9 Å². The SMILES string of the molecule is COc1ccc(-n2c(SCc3c(C)noc3C)nc3ccccc3c2=O)c(OC)c1. The van der Waals surface area contributed by atoms with Crippen molar-refractivity contribution in [1.29, 1.82) is 0 Å². The quantitative estimate of drug-likeness (QED) is 0.338. The molecule has 2 aromatic carbocycles. The smallest absolute Gasteiger partial charge is 0.266 e. The maximum atomic E-state index is 13.5. The highest BCUT2D eigenvalue weighted by atomic mass is 32.2. The Labute approximate surface area is 177 Å². The van der Waals surface area contributed by atoms with Crippen molar-refractivity contribution >= 4 is 22.7 Å². The lowest BCUT2D eigenvalue weighted by Gasteiger charge is -2.16. The van der Waals surface area contributed by atoms with E-state index >= 15 is 0 Å². The van der Waals surface area contributed by atoms with Gasteiger partial charge in [-0.05, 0) is 38.1 Å². The number of aryl methyl sites for hydroxylation is 2. The summed E-state index contributed by atoms with van der Waals surface area (Å²) >= 11 is 1.45. The van der Waals surface area contributed by atoms with E-state index in [1.165, 1.54) is 11.8 Å². The highest BCUT2D eigenvalue weighted by Crippen LogP contribution is 2.32. The average Bonchev–Trinajstić information content (AvgIpc) is 3.09. The van der Waals surface area contributed by atoms with Crippen molar-refractivity contribution in [3.05, 3.63) is 69.8 Å². The third-order valence-corrected chi connectivity index (χ3v) is 5.86. The van der Waals surface area contributed by atoms with E-state index in [4.69, 9.17) is 19.0 Å². The van der Waals surface area contributed by atoms with Crippen molar-refractivity contribution in [2.75, 3.05) is 14.2 Å². The molecular weight excluding hydrogens is 402 g/mol. The predicted molar refractivity (Wildman–Crippen MR) is 116 cm³/mol. The second-order valence-corrected chi connectivity index (χ2v) is 7.62. The van der Waals surface area contributed by atoms with Crippen LogP contribution < -0.4 is 15.0 Å². The molecule has 0 unspecified atom stereocenters. The van der Waals surface area contributed by atoms with Crippen LogP contribution in [0.3, 0.4) is 0 Å². The Hall–Kier alpha value is -3.26. The van der Waals surface area contributed by atoms with Crippen LogP contribution in [-0.2, 0) is 5.75 Å². The molecule has 2 aromatic heterocycles. The zero-order valence-electron chi connectivity index (χ0n) is 17.1. The van der Waals surface area contributed by atoms with Gasteiger partial charge in [0, 0.05) is 17.4 Å². The first-order valence-corrected chi connectivity index (χ1v) is 10.3. The third-order valence-electron chi connectivity index (χ3n) is 4.90. The van der Waals surface area contributed by atoms with E-state index in [0.717, 1.165) is 17.0 Å². The Morgan fingerprint density at radius 3 is 2.60 bits per heavy atom. The molecule has 30 heavy (non-hydrogen) atoms. The summed E-state index contributed by atoms with van der Waals surface area (Å²) in [6.45, 7) is 3.78. The van der Waals surface area contributed by atoms with Gasteiger partial charge in [0.1, 0.15) is 17.3 Å². The molecule has 0 bridgehead atoms. The monoisotopic (exact) mass is 423 g/mol. The maximum absolute atomic E-state index is 13.5. The minimum absolute atomic E-state index is 0.162. The van der Waals surface area contributed by atoms with Crippen molar-refractivity contribution in [3.63, 3.8) is 0 Å². The van der Waals surface area contributed by atoms with Crippen LogP contribution in [0.25, 0.3) is 16.6 Å². The fraction of sp³-hybridized carbons (Fsp3) is 0.227. The van der Waals surface area contributed by atoms with E-state index in [9.17, 15) is 4.79 Å². The minimum Gasteiger partial charge on any atom is -0.497 e. The molecule has 0 atom stereocenters. The summed E-state index contributed by atoms with van der Waals surface area (Å²) in [5.41, 5.74) is 2.91. The molecule has 0 N–H and O–H groups in total. The molecule has 0 saturated carbocycles. The summed E-state index contributed by atoms with van der Waals surface area (Å²) in [7, 11) is 3.15. The van der Waals surface area contributed by atoms with Gasteiger partial charge in [-0.1, -0.05) is 29.1 Å². The molecule has 0 aliphatic rings. The van der Waals surface area contributed by atoms with Gasteiger partial charge in [0.2, 0.25) is 0 Å². The Morgan fingerprint density at radius 1 is 1.10 bits per heavy atom. The number of hydrogen-bond acceptors (Lipinski definition) is 7. The van der Waals surface area contributed by atoms with Crippen LogP contribution in [0.5, 0.6) is 11.5 Å². The minimum atomic E-state index is -0.162. The average molecular weight is 423 g/mol. The summed E-state index contributed by atoms with van der Waals surface area (Å²) in [5, 5.41) is 5.11. The van der Waals surface area contributed by atoms with E-state index in [2.05, 4.69) is 5.16 Å². The predicted octanol–water partition coefficient (Wildman–Crippen LogP) is 4.30. The Bertz CT molecular complexity index is 1260. The number of thioether (sulfide) groups is 1. The standard InChI is InChI=1S/C22H21N3O4S/c1-13-17(14(2)29-24-13)12-30-22-23-18-8-6-5-7-16(18)21(26)25(22)19-10-9-15(27-3)11-20(19)28-4/h5-11H,12H2,1-4H3. The fourth-order valence-corrected chi connectivity index (χ4v) is 4.39. The molecule has 7 nitrogen and oxygen atoms in total. The number of rotatable bonds is 6. The number of nitrogens with zero attached hydrogens (tertiary/aromatic N) is 3. The molecule has 8 heteroatoms. The van der Waals surface area contributed by atoms with Gasteiger partial charge in [0.15, 0.2) is 5.16 Å². The molecule has 154 valence electrons. The molecule has 0 amide bonds. The van der Waals surface area contributed by atoms with Crippen LogP contribution in [0.2, 0.25) is 0 Å². The van der Waals surface area contributed by atoms with Crippen molar-refractivity contribution in [1.82, 2.24) is 14.7 Å². The van der Waals surface area contributed by atoms with E-state index in [1.54, 1.807) is 43.1 Å². The highest BCUT2D eigenvalue weighted by Gasteiger charge is 2.18. The largest absolute Gasteiger partial charge is 0.497 e. The lowest BCUT2D eigenvalue weighted by molar-refractivity contribution is 0.392. The lowest BCUT2D eigenvalue weighted by Crippen LogP contribution is -2.22.